The molecule has 16 heavy (non-hydrogen) atoms. The van der Waals surface area contributed by atoms with Gasteiger partial charge in [-0.1, -0.05) is 6.42 Å². The second kappa shape index (κ2) is 6.06. The minimum absolute atomic E-state index is 0.306. The van der Waals surface area contributed by atoms with E-state index in [4.69, 9.17) is 4.42 Å². The maximum absolute atomic E-state index is 9.28. The molecule has 0 bridgehead atoms. The van der Waals surface area contributed by atoms with Gasteiger partial charge in [0.1, 0.15) is 5.76 Å². The van der Waals surface area contributed by atoms with Crippen molar-refractivity contribution in [3.05, 3.63) is 24.2 Å². The summed E-state index contributed by atoms with van der Waals surface area (Å²) in [5.41, 5.74) is 0. The minimum Gasteiger partial charge on any atom is -0.469 e. The Labute approximate surface area is 97.1 Å². The van der Waals surface area contributed by atoms with Crippen LogP contribution < -0.4 is 0 Å². The van der Waals surface area contributed by atoms with Gasteiger partial charge in [0.15, 0.2) is 0 Å². The Morgan fingerprint density at radius 1 is 1.44 bits per heavy atom. The molecule has 3 heteroatoms. The second-order valence-corrected chi connectivity index (χ2v) is 4.55. The van der Waals surface area contributed by atoms with Crippen molar-refractivity contribution in [2.24, 2.45) is 0 Å². The van der Waals surface area contributed by atoms with Crippen LogP contribution in [0.3, 0.4) is 0 Å². The van der Waals surface area contributed by atoms with E-state index in [1.165, 1.54) is 12.8 Å². The molecule has 1 atom stereocenters. The zero-order chi connectivity index (χ0) is 11.2. The number of furan rings is 1. The number of aliphatic hydroxyl groups is 1. The van der Waals surface area contributed by atoms with E-state index in [-0.39, 0.29) is 0 Å². The van der Waals surface area contributed by atoms with Crippen LogP contribution in [0.5, 0.6) is 0 Å². The molecule has 1 aliphatic rings. The quantitative estimate of drug-likeness (QED) is 0.830. The molecule has 0 spiro atoms. The number of hydrogen-bond donors (Lipinski definition) is 1. The average Bonchev–Trinajstić information content (AvgIpc) is 2.83. The largest absolute Gasteiger partial charge is 0.469 e. The fraction of sp³-hybridized carbons (Fsp3) is 0.692. The summed E-state index contributed by atoms with van der Waals surface area (Å²) in [5.74, 6) is 1.07. The van der Waals surface area contributed by atoms with Gasteiger partial charge in [-0.05, 0) is 44.5 Å². The molecule has 1 aromatic heterocycles. The molecule has 90 valence electrons. The Morgan fingerprint density at radius 2 is 2.38 bits per heavy atom. The highest BCUT2D eigenvalue weighted by Crippen LogP contribution is 2.17. The number of aryl methyl sites for hydroxylation is 1. The number of rotatable bonds is 5. The number of hydrogen-bond acceptors (Lipinski definition) is 3. The van der Waals surface area contributed by atoms with E-state index in [1.54, 1.807) is 6.26 Å². The van der Waals surface area contributed by atoms with E-state index >= 15 is 0 Å². The third-order valence-electron chi connectivity index (χ3n) is 3.41. The number of nitrogens with zero attached hydrogens (tertiary/aromatic N) is 1. The van der Waals surface area contributed by atoms with E-state index in [9.17, 15) is 5.11 Å². The van der Waals surface area contributed by atoms with E-state index < -0.39 is 0 Å². The van der Waals surface area contributed by atoms with Crippen molar-refractivity contribution in [2.75, 3.05) is 19.7 Å². The Balaban J connectivity index is 1.71. The first kappa shape index (κ1) is 11.7. The fourth-order valence-corrected chi connectivity index (χ4v) is 2.47. The summed E-state index contributed by atoms with van der Waals surface area (Å²) in [7, 11) is 0. The van der Waals surface area contributed by atoms with Gasteiger partial charge in [0, 0.05) is 12.5 Å². The molecule has 1 N–H and O–H groups in total. The van der Waals surface area contributed by atoms with Gasteiger partial charge in [-0.3, -0.25) is 4.90 Å². The zero-order valence-corrected chi connectivity index (χ0v) is 9.77. The van der Waals surface area contributed by atoms with E-state index in [0.29, 0.717) is 12.6 Å². The van der Waals surface area contributed by atoms with E-state index in [1.807, 2.05) is 12.1 Å². The smallest absolute Gasteiger partial charge is 0.103 e. The van der Waals surface area contributed by atoms with Gasteiger partial charge in [0.05, 0.1) is 12.9 Å². The lowest BCUT2D eigenvalue weighted by molar-refractivity contribution is 0.0890. The van der Waals surface area contributed by atoms with Crippen molar-refractivity contribution in [1.29, 1.82) is 0 Å². The molecule has 0 aromatic carbocycles. The predicted octanol–water partition coefficient (Wildman–Crippen LogP) is 2.06. The average molecular weight is 223 g/mol. The van der Waals surface area contributed by atoms with Crippen LogP contribution in [0.2, 0.25) is 0 Å². The molecular formula is C13H21NO2. The number of aliphatic hydroxyl groups excluding tert-OH is 1. The Kier molecular flexibility index (Phi) is 4.43. The lowest BCUT2D eigenvalue weighted by Gasteiger charge is -2.34. The summed E-state index contributed by atoms with van der Waals surface area (Å²) in [6.45, 7) is 2.52. The van der Waals surface area contributed by atoms with Gasteiger partial charge in [0.25, 0.3) is 0 Å². The normalized spacial score (nSPS) is 22.4. The van der Waals surface area contributed by atoms with Crippen molar-refractivity contribution in [3.8, 4) is 0 Å². The molecule has 1 aliphatic heterocycles. The van der Waals surface area contributed by atoms with Crippen LogP contribution in [0.1, 0.15) is 31.4 Å². The molecule has 1 aromatic rings. The van der Waals surface area contributed by atoms with E-state index in [2.05, 4.69) is 4.90 Å². The highest BCUT2D eigenvalue weighted by molar-refractivity contribution is 4.98. The van der Waals surface area contributed by atoms with Gasteiger partial charge >= 0.3 is 0 Å². The van der Waals surface area contributed by atoms with Crippen molar-refractivity contribution in [1.82, 2.24) is 4.90 Å². The molecule has 0 radical (unpaired) electrons. The van der Waals surface area contributed by atoms with Crippen molar-refractivity contribution < 1.29 is 9.52 Å². The Bertz CT molecular complexity index is 284. The molecule has 2 rings (SSSR count). The summed E-state index contributed by atoms with van der Waals surface area (Å²) < 4.78 is 5.31. The van der Waals surface area contributed by atoms with Crippen LogP contribution in [0, 0.1) is 0 Å². The summed E-state index contributed by atoms with van der Waals surface area (Å²) in [6.07, 6.45) is 7.53. The maximum Gasteiger partial charge on any atom is 0.103 e. The van der Waals surface area contributed by atoms with Crippen molar-refractivity contribution in [3.63, 3.8) is 0 Å². The molecular weight excluding hydrogens is 202 g/mol. The van der Waals surface area contributed by atoms with Crippen molar-refractivity contribution >= 4 is 0 Å². The predicted molar refractivity (Wildman–Crippen MR) is 63.3 cm³/mol. The molecule has 1 fully saturated rings. The second-order valence-electron chi connectivity index (χ2n) is 4.55. The number of piperidine rings is 1. The first-order valence-corrected chi connectivity index (χ1v) is 6.27. The van der Waals surface area contributed by atoms with Gasteiger partial charge < -0.3 is 9.52 Å². The monoisotopic (exact) mass is 223 g/mol. The third-order valence-corrected chi connectivity index (χ3v) is 3.41. The Morgan fingerprint density at radius 3 is 3.12 bits per heavy atom. The molecule has 0 aliphatic carbocycles. The SMILES string of the molecule is OC[C@H]1CCCCN1CCCc1ccco1. The van der Waals surface area contributed by atoms with Gasteiger partial charge in [-0.2, -0.15) is 0 Å². The zero-order valence-electron chi connectivity index (χ0n) is 9.77. The van der Waals surface area contributed by atoms with Gasteiger partial charge in [-0.15, -0.1) is 0 Å². The summed E-state index contributed by atoms with van der Waals surface area (Å²) >= 11 is 0. The fourth-order valence-electron chi connectivity index (χ4n) is 2.47. The standard InChI is InChI=1S/C13H21NO2/c15-11-12-5-1-2-8-14(12)9-3-6-13-7-4-10-16-13/h4,7,10,12,15H,1-3,5-6,8-9,11H2/t12-/m1/s1. The lowest BCUT2D eigenvalue weighted by Crippen LogP contribution is -2.42. The molecule has 0 saturated carbocycles. The first-order valence-electron chi connectivity index (χ1n) is 6.27. The summed E-state index contributed by atoms with van der Waals surface area (Å²) in [4.78, 5) is 2.42. The van der Waals surface area contributed by atoms with Crippen LogP contribution in [0.25, 0.3) is 0 Å². The summed E-state index contributed by atoms with van der Waals surface area (Å²) in [6, 6.07) is 4.36. The topological polar surface area (TPSA) is 36.6 Å². The Hall–Kier alpha value is -0.800. The third kappa shape index (κ3) is 3.09. The van der Waals surface area contributed by atoms with Gasteiger partial charge in [-0.25, -0.2) is 0 Å². The molecule has 0 amide bonds. The van der Waals surface area contributed by atoms with Crippen LogP contribution in [-0.4, -0.2) is 35.7 Å². The van der Waals surface area contributed by atoms with Crippen LogP contribution in [-0.2, 0) is 6.42 Å². The lowest BCUT2D eigenvalue weighted by atomic mass is 10.0. The van der Waals surface area contributed by atoms with Gasteiger partial charge in [0.2, 0.25) is 0 Å². The maximum atomic E-state index is 9.28. The molecule has 0 unspecified atom stereocenters. The van der Waals surface area contributed by atoms with Crippen LogP contribution >= 0.6 is 0 Å². The minimum atomic E-state index is 0.306. The van der Waals surface area contributed by atoms with Crippen LogP contribution in [0.4, 0.5) is 0 Å². The molecule has 2 heterocycles. The molecule has 1 saturated heterocycles. The highest BCUT2D eigenvalue weighted by atomic mass is 16.3. The number of likely N-dealkylation sites (tertiary alicyclic amines) is 1. The van der Waals surface area contributed by atoms with Crippen molar-refractivity contribution in [2.45, 2.75) is 38.1 Å². The van der Waals surface area contributed by atoms with Crippen LogP contribution in [0.15, 0.2) is 22.8 Å². The first-order chi connectivity index (χ1) is 7.90. The molecule has 3 nitrogen and oxygen atoms in total. The van der Waals surface area contributed by atoms with E-state index in [0.717, 1.165) is 38.1 Å². The summed E-state index contributed by atoms with van der Waals surface area (Å²) in [5, 5.41) is 9.28. The highest BCUT2D eigenvalue weighted by Gasteiger charge is 2.20.